The zero-order valence-corrected chi connectivity index (χ0v) is 5.93. The fourth-order valence-electron chi connectivity index (χ4n) is 0.846. The smallest absolute Gasteiger partial charge is 0.218 e. The molecule has 0 aromatic heterocycles. The highest BCUT2D eigenvalue weighted by Crippen LogP contribution is 2.08. The Morgan fingerprint density at radius 1 is 1.36 bits per heavy atom. The van der Waals surface area contributed by atoms with E-state index in [9.17, 15) is 8.78 Å². The van der Waals surface area contributed by atoms with E-state index in [0.29, 0.717) is 26.3 Å². The first-order valence-corrected chi connectivity index (χ1v) is 3.13. The van der Waals surface area contributed by atoms with E-state index in [4.69, 9.17) is 4.74 Å². The van der Waals surface area contributed by atoms with Gasteiger partial charge in [-0.3, -0.25) is 4.70 Å². The Balaban J connectivity index is 0.000001000. The average Bonchev–Trinajstić information content (AvgIpc) is 2.05. The maximum atomic E-state index is 12.4. The SMILES string of the molecule is F.F/C=C(\F)N1CCOCC1. The van der Waals surface area contributed by atoms with Gasteiger partial charge in [0.25, 0.3) is 0 Å². The summed E-state index contributed by atoms with van der Waals surface area (Å²) in [7, 11) is 0. The van der Waals surface area contributed by atoms with Crippen LogP contribution in [0.4, 0.5) is 13.5 Å². The summed E-state index contributed by atoms with van der Waals surface area (Å²) in [6.07, 6.45) is -0.0225. The second-order valence-electron chi connectivity index (χ2n) is 2.03. The highest BCUT2D eigenvalue weighted by molar-refractivity contribution is 4.86. The molecule has 0 aromatic rings. The van der Waals surface area contributed by atoms with Gasteiger partial charge in [0.15, 0.2) is 0 Å². The van der Waals surface area contributed by atoms with Gasteiger partial charge in [0.05, 0.1) is 13.2 Å². The highest BCUT2D eigenvalue weighted by atomic mass is 19.2. The zero-order chi connectivity index (χ0) is 7.40. The van der Waals surface area contributed by atoms with Crippen molar-refractivity contribution < 1.29 is 18.2 Å². The molecule has 0 radical (unpaired) electrons. The molecule has 0 atom stereocenters. The van der Waals surface area contributed by atoms with Gasteiger partial charge in [-0.2, -0.15) is 4.39 Å². The summed E-state index contributed by atoms with van der Waals surface area (Å²) >= 11 is 0. The van der Waals surface area contributed by atoms with E-state index in [1.54, 1.807) is 0 Å². The predicted octanol–water partition coefficient (Wildman–Crippen LogP) is 1.21. The molecule has 0 spiro atoms. The molecule has 0 bridgehead atoms. The lowest BCUT2D eigenvalue weighted by atomic mass is 10.4. The fourth-order valence-corrected chi connectivity index (χ4v) is 0.846. The second-order valence-corrected chi connectivity index (χ2v) is 2.03. The van der Waals surface area contributed by atoms with Crippen LogP contribution in [0.3, 0.4) is 0 Å². The van der Waals surface area contributed by atoms with Gasteiger partial charge in [-0.1, -0.05) is 0 Å². The normalized spacial score (nSPS) is 19.5. The highest BCUT2D eigenvalue weighted by Gasteiger charge is 2.12. The van der Waals surface area contributed by atoms with E-state index in [2.05, 4.69) is 0 Å². The lowest BCUT2D eigenvalue weighted by molar-refractivity contribution is 0.0414. The summed E-state index contributed by atoms with van der Waals surface area (Å²) in [5, 5.41) is 0. The van der Waals surface area contributed by atoms with Crippen LogP contribution in [0.25, 0.3) is 0 Å². The Morgan fingerprint density at radius 2 is 1.91 bits per heavy atom. The first-order valence-electron chi connectivity index (χ1n) is 3.13. The van der Waals surface area contributed by atoms with Crippen molar-refractivity contribution >= 4 is 0 Å². The van der Waals surface area contributed by atoms with Crippen molar-refractivity contribution in [2.24, 2.45) is 0 Å². The van der Waals surface area contributed by atoms with Crippen molar-refractivity contribution in [3.8, 4) is 0 Å². The van der Waals surface area contributed by atoms with Crippen LogP contribution in [0.15, 0.2) is 12.3 Å². The average molecular weight is 169 g/mol. The lowest BCUT2D eigenvalue weighted by Crippen LogP contribution is -2.34. The Morgan fingerprint density at radius 3 is 2.36 bits per heavy atom. The number of rotatable bonds is 1. The molecule has 0 aliphatic carbocycles. The molecule has 0 saturated carbocycles. The minimum Gasteiger partial charge on any atom is -0.378 e. The van der Waals surface area contributed by atoms with E-state index in [-0.39, 0.29) is 11.0 Å². The largest absolute Gasteiger partial charge is 0.378 e. The van der Waals surface area contributed by atoms with Crippen molar-refractivity contribution in [1.29, 1.82) is 0 Å². The van der Waals surface area contributed by atoms with Crippen molar-refractivity contribution in [2.75, 3.05) is 26.3 Å². The molecule has 1 heterocycles. The van der Waals surface area contributed by atoms with Crippen LogP contribution in [-0.4, -0.2) is 31.2 Å². The minimum atomic E-state index is -0.802. The standard InChI is InChI=1S/C6H9F2NO.FH/c7-5-6(8)9-1-3-10-4-2-9;/h5H,1-4H2;1H/b6-5+;. The molecule has 0 amide bonds. The summed E-state index contributed by atoms with van der Waals surface area (Å²) in [4.78, 5) is 1.31. The molecule has 0 unspecified atom stereocenters. The van der Waals surface area contributed by atoms with Crippen LogP contribution in [-0.2, 0) is 4.74 Å². The van der Waals surface area contributed by atoms with Crippen molar-refractivity contribution in [3.63, 3.8) is 0 Å². The second kappa shape index (κ2) is 5.01. The molecule has 1 aliphatic heterocycles. The third-order valence-corrected chi connectivity index (χ3v) is 1.40. The molecule has 2 nitrogen and oxygen atoms in total. The van der Waals surface area contributed by atoms with Crippen molar-refractivity contribution in [2.45, 2.75) is 0 Å². The number of ether oxygens (including phenoxy) is 1. The Labute approximate surface area is 62.8 Å². The monoisotopic (exact) mass is 169 g/mol. The van der Waals surface area contributed by atoms with E-state index in [1.807, 2.05) is 0 Å². The quantitative estimate of drug-likeness (QED) is 0.547. The van der Waals surface area contributed by atoms with Gasteiger partial charge in [0, 0.05) is 13.1 Å². The summed E-state index contributed by atoms with van der Waals surface area (Å²) in [6.45, 7) is 1.82. The summed E-state index contributed by atoms with van der Waals surface area (Å²) in [5.74, 6) is -0.802. The van der Waals surface area contributed by atoms with E-state index >= 15 is 0 Å². The maximum Gasteiger partial charge on any atom is 0.218 e. The van der Waals surface area contributed by atoms with Crippen LogP contribution < -0.4 is 0 Å². The van der Waals surface area contributed by atoms with Crippen molar-refractivity contribution in [3.05, 3.63) is 12.3 Å². The first kappa shape index (κ1) is 10.3. The Hall–Kier alpha value is -0.710. The Bertz CT molecular complexity index is 134. The summed E-state index contributed by atoms with van der Waals surface area (Å²) in [5.41, 5.74) is 0. The lowest BCUT2D eigenvalue weighted by Gasteiger charge is -2.25. The minimum absolute atomic E-state index is 0. The molecule has 1 rings (SSSR count). The van der Waals surface area contributed by atoms with E-state index < -0.39 is 5.95 Å². The molecule has 66 valence electrons. The van der Waals surface area contributed by atoms with Gasteiger partial charge in [0.2, 0.25) is 5.95 Å². The van der Waals surface area contributed by atoms with Gasteiger partial charge < -0.3 is 9.64 Å². The van der Waals surface area contributed by atoms with Crippen LogP contribution in [0.5, 0.6) is 0 Å². The third kappa shape index (κ3) is 2.80. The molecule has 5 heteroatoms. The number of hydrogen-bond donors (Lipinski definition) is 0. The summed E-state index contributed by atoms with van der Waals surface area (Å²) < 4.78 is 28.9. The number of halogens is 3. The van der Waals surface area contributed by atoms with Crippen LogP contribution in [0, 0.1) is 0 Å². The topological polar surface area (TPSA) is 12.5 Å². The number of nitrogens with zero attached hydrogens (tertiary/aromatic N) is 1. The molecular formula is C6H10F3NO. The van der Waals surface area contributed by atoms with Gasteiger partial charge in [-0.15, -0.1) is 0 Å². The molecule has 0 aromatic carbocycles. The molecule has 0 N–H and O–H groups in total. The summed E-state index contributed by atoms with van der Waals surface area (Å²) in [6, 6.07) is 0. The van der Waals surface area contributed by atoms with Crippen LogP contribution in [0.1, 0.15) is 0 Å². The van der Waals surface area contributed by atoms with E-state index in [0.717, 1.165) is 0 Å². The molecule has 1 aliphatic rings. The maximum absolute atomic E-state index is 12.4. The fraction of sp³-hybridized carbons (Fsp3) is 0.667. The van der Waals surface area contributed by atoms with Gasteiger partial charge >= 0.3 is 0 Å². The number of hydrogen-bond acceptors (Lipinski definition) is 2. The molecule has 1 fully saturated rings. The van der Waals surface area contributed by atoms with Gasteiger partial charge in [-0.25, -0.2) is 4.39 Å². The van der Waals surface area contributed by atoms with Crippen LogP contribution in [0.2, 0.25) is 0 Å². The first-order chi connectivity index (χ1) is 4.84. The van der Waals surface area contributed by atoms with E-state index in [1.165, 1.54) is 4.90 Å². The zero-order valence-electron chi connectivity index (χ0n) is 5.93. The molecule has 11 heavy (non-hydrogen) atoms. The third-order valence-electron chi connectivity index (χ3n) is 1.40. The van der Waals surface area contributed by atoms with Crippen molar-refractivity contribution in [1.82, 2.24) is 4.90 Å². The molecule has 1 saturated heterocycles. The Kier molecular flexibility index (Phi) is 4.69. The van der Waals surface area contributed by atoms with Gasteiger partial charge in [-0.05, 0) is 0 Å². The van der Waals surface area contributed by atoms with Crippen LogP contribution >= 0.6 is 0 Å². The predicted molar refractivity (Wildman–Crippen MR) is 35.2 cm³/mol. The molecular weight excluding hydrogens is 159 g/mol. The number of morpholine rings is 1. The van der Waals surface area contributed by atoms with Gasteiger partial charge in [0.1, 0.15) is 6.33 Å².